The van der Waals surface area contributed by atoms with Crippen molar-refractivity contribution in [1.82, 2.24) is 0 Å². The quantitative estimate of drug-likeness (QED) is 0.432. The zero-order valence-electron chi connectivity index (χ0n) is 9.44. The van der Waals surface area contributed by atoms with Crippen LogP contribution in [0.2, 0.25) is 0 Å². The van der Waals surface area contributed by atoms with Gasteiger partial charge >= 0.3 is 0 Å². The lowest BCUT2D eigenvalue weighted by Crippen LogP contribution is -2.19. The van der Waals surface area contributed by atoms with Crippen LogP contribution >= 0.6 is 0 Å². The Morgan fingerprint density at radius 1 is 1.23 bits per heavy atom. The topological polar surface area (TPSA) is 9.23 Å². The van der Waals surface area contributed by atoms with Crippen molar-refractivity contribution in [2.24, 2.45) is 5.41 Å². The molecule has 0 aliphatic rings. The molecule has 13 heavy (non-hydrogen) atoms. The van der Waals surface area contributed by atoms with Gasteiger partial charge in [-0.25, -0.2) is 0 Å². The Kier molecular flexibility index (Phi) is 7.29. The van der Waals surface area contributed by atoms with E-state index in [0.29, 0.717) is 5.41 Å². The second-order valence-corrected chi connectivity index (χ2v) is 4.39. The molecule has 0 fully saturated rings. The maximum absolute atomic E-state index is 5.28. The highest BCUT2D eigenvalue weighted by molar-refractivity contribution is 5.97. The maximum Gasteiger partial charge on any atom is 0.145 e. The highest BCUT2D eigenvalue weighted by Gasteiger charge is 2.23. The fourth-order valence-corrected chi connectivity index (χ4v) is 2.19. The van der Waals surface area contributed by atoms with Gasteiger partial charge in [0.05, 0.1) is 0 Å². The fraction of sp³-hybridized carbons (Fsp3) is 0.818. The Bertz CT molecular complexity index is 128. The van der Waals surface area contributed by atoms with E-state index in [1.807, 2.05) is 0 Å². The van der Waals surface area contributed by atoms with E-state index in [1.165, 1.54) is 25.7 Å². The highest BCUT2D eigenvalue weighted by atomic mass is 28.2. The van der Waals surface area contributed by atoms with Crippen LogP contribution in [0.5, 0.6) is 0 Å². The van der Waals surface area contributed by atoms with E-state index in [9.17, 15) is 0 Å². The predicted octanol–water partition coefficient (Wildman–Crippen LogP) is 2.45. The monoisotopic (exact) mass is 200 g/mol. The van der Waals surface area contributed by atoms with Crippen molar-refractivity contribution >= 4 is 10.5 Å². The normalized spacial score (nSPS) is 11.8. The van der Waals surface area contributed by atoms with E-state index in [2.05, 4.69) is 26.5 Å². The highest BCUT2D eigenvalue weighted by Crippen LogP contribution is 2.34. The minimum Gasteiger partial charge on any atom is -0.428 e. The van der Waals surface area contributed by atoms with Crippen molar-refractivity contribution in [1.29, 1.82) is 0 Å². The van der Waals surface area contributed by atoms with Crippen molar-refractivity contribution in [3.05, 3.63) is 12.7 Å². The molecule has 0 aromatic rings. The van der Waals surface area contributed by atoms with Crippen LogP contribution in [0, 0.1) is 5.41 Å². The van der Waals surface area contributed by atoms with Gasteiger partial charge in [0.25, 0.3) is 0 Å². The molecule has 0 amide bonds. The van der Waals surface area contributed by atoms with Crippen LogP contribution in [0.4, 0.5) is 0 Å². The van der Waals surface area contributed by atoms with Crippen molar-refractivity contribution in [3.8, 4) is 0 Å². The smallest absolute Gasteiger partial charge is 0.145 e. The predicted molar refractivity (Wildman–Crippen MR) is 63.0 cm³/mol. The van der Waals surface area contributed by atoms with Gasteiger partial charge in [-0.15, -0.1) is 6.58 Å². The van der Waals surface area contributed by atoms with E-state index < -0.39 is 0 Å². The van der Waals surface area contributed by atoms with Gasteiger partial charge in [-0.2, -0.15) is 0 Å². The largest absolute Gasteiger partial charge is 0.428 e. The third-order valence-electron chi connectivity index (χ3n) is 2.73. The van der Waals surface area contributed by atoms with Crippen molar-refractivity contribution in [3.63, 3.8) is 0 Å². The Labute approximate surface area is 86.1 Å². The zero-order valence-corrected chi connectivity index (χ0v) is 11.4. The molecule has 1 nitrogen and oxygen atoms in total. The average Bonchev–Trinajstić information content (AvgIpc) is 2.15. The van der Waals surface area contributed by atoms with Gasteiger partial charge in [0, 0.05) is 6.61 Å². The van der Waals surface area contributed by atoms with E-state index in [4.69, 9.17) is 4.43 Å². The van der Waals surface area contributed by atoms with E-state index in [1.54, 1.807) is 0 Å². The maximum atomic E-state index is 5.28. The lowest BCUT2D eigenvalue weighted by atomic mass is 9.77. The summed E-state index contributed by atoms with van der Waals surface area (Å²) in [5.41, 5.74) is 0.355. The fourth-order valence-electron chi connectivity index (χ4n) is 1.98. The Hall–Kier alpha value is -0.0831. The van der Waals surface area contributed by atoms with Crippen LogP contribution in [-0.2, 0) is 4.43 Å². The van der Waals surface area contributed by atoms with E-state index in [-0.39, 0.29) is 0 Å². The molecule has 0 saturated carbocycles. The summed E-state index contributed by atoms with van der Waals surface area (Å²) in [6.45, 7) is 9.39. The van der Waals surface area contributed by atoms with Gasteiger partial charge in [-0.05, 0) is 24.7 Å². The molecule has 0 spiro atoms. The molecule has 0 aromatic carbocycles. The molecule has 78 valence electrons. The molecule has 2 heteroatoms. The standard InChI is InChI=1S/C11H24OSi/c1-4-7-11(6-3,8-5-2)9-10-12-13/h6H,3-5,7-10H2,1-2,13H3. The lowest BCUT2D eigenvalue weighted by Gasteiger charge is -2.29. The third kappa shape index (κ3) is 4.63. The number of allylic oxidation sites excluding steroid dienone is 1. The molecule has 0 rings (SSSR count). The van der Waals surface area contributed by atoms with Crippen LogP contribution in [-0.4, -0.2) is 17.1 Å². The molecule has 0 saturated heterocycles. The summed E-state index contributed by atoms with van der Waals surface area (Å²) in [4.78, 5) is 0. The number of hydrogen-bond donors (Lipinski definition) is 0. The Morgan fingerprint density at radius 2 is 1.77 bits per heavy atom. The number of rotatable bonds is 8. The summed E-state index contributed by atoms with van der Waals surface area (Å²) in [5, 5.41) is 0. The second kappa shape index (κ2) is 7.33. The Morgan fingerprint density at radius 3 is 2.08 bits per heavy atom. The number of hydrogen-bond acceptors (Lipinski definition) is 1. The minimum absolute atomic E-state index is 0.355. The molecule has 0 atom stereocenters. The first kappa shape index (κ1) is 12.9. The molecule has 0 aliphatic heterocycles. The first-order valence-electron chi connectivity index (χ1n) is 5.37. The average molecular weight is 200 g/mol. The summed E-state index contributed by atoms with van der Waals surface area (Å²) >= 11 is 0. The van der Waals surface area contributed by atoms with Gasteiger partial charge in [0.2, 0.25) is 0 Å². The van der Waals surface area contributed by atoms with Crippen LogP contribution in [0.15, 0.2) is 12.7 Å². The van der Waals surface area contributed by atoms with Crippen molar-refractivity contribution in [2.75, 3.05) is 6.61 Å². The Balaban J connectivity index is 4.16. The molecule has 0 radical (unpaired) electrons. The third-order valence-corrected chi connectivity index (χ3v) is 3.14. The second-order valence-electron chi connectivity index (χ2n) is 3.81. The summed E-state index contributed by atoms with van der Waals surface area (Å²) in [7, 11) is 0.859. The van der Waals surface area contributed by atoms with Crippen LogP contribution in [0.3, 0.4) is 0 Å². The molecule has 0 unspecified atom stereocenters. The van der Waals surface area contributed by atoms with Crippen LogP contribution in [0.1, 0.15) is 46.0 Å². The van der Waals surface area contributed by atoms with E-state index in [0.717, 1.165) is 23.5 Å². The molecule has 0 aromatic heterocycles. The summed E-state index contributed by atoms with van der Waals surface area (Å²) in [5.74, 6) is 0. The van der Waals surface area contributed by atoms with Gasteiger partial charge in [0.15, 0.2) is 0 Å². The molecule has 0 heterocycles. The SMILES string of the molecule is C=CC(CCC)(CCC)CCO[SiH3]. The van der Waals surface area contributed by atoms with Crippen molar-refractivity contribution in [2.45, 2.75) is 46.0 Å². The molecule has 0 N–H and O–H groups in total. The first-order chi connectivity index (χ1) is 6.24. The molecule has 0 bridgehead atoms. The zero-order chi connectivity index (χ0) is 10.2. The molecular weight excluding hydrogens is 176 g/mol. The van der Waals surface area contributed by atoms with Crippen LogP contribution < -0.4 is 0 Å². The minimum atomic E-state index is 0.355. The molecular formula is C11H24OSi. The van der Waals surface area contributed by atoms with E-state index >= 15 is 0 Å². The molecule has 0 aliphatic carbocycles. The van der Waals surface area contributed by atoms with Crippen molar-refractivity contribution < 1.29 is 4.43 Å². The summed E-state index contributed by atoms with van der Waals surface area (Å²) in [6.07, 6.45) is 8.31. The van der Waals surface area contributed by atoms with Gasteiger partial charge in [-0.3, -0.25) is 0 Å². The van der Waals surface area contributed by atoms with Gasteiger partial charge in [0.1, 0.15) is 10.5 Å². The summed E-state index contributed by atoms with van der Waals surface area (Å²) in [6, 6.07) is 0. The lowest BCUT2D eigenvalue weighted by molar-refractivity contribution is 0.222. The van der Waals surface area contributed by atoms with Crippen LogP contribution in [0.25, 0.3) is 0 Å². The first-order valence-corrected chi connectivity index (χ1v) is 6.19. The van der Waals surface area contributed by atoms with Gasteiger partial charge < -0.3 is 4.43 Å². The summed E-state index contributed by atoms with van der Waals surface area (Å²) < 4.78 is 5.28. The van der Waals surface area contributed by atoms with Gasteiger partial charge in [-0.1, -0.05) is 32.8 Å².